The molecule has 2 aromatic carbocycles. The Bertz CT molecular complexity index is 1130. The normalized spacial score (nSPS) is 25.7. The summed E-state index contributed by atoms with van der Waals surface area (Å²) < 4.78 is 10.8. The van der Waals surface area contributed by atoms with Crippen LogP contribution in [0.25, 0.3) is 0 Å². The fraction of sp³-hybridized carbons (Fsp3) is 0.458. The zero-order valence-corrected chi connectivity index (χ0v) is 18.6. The molecular formula is C24H28N2O6. The highest BCUT2D eigenvalue weighted by Crippen LogP contribution is 2.51. The number of rotatable bonds is 3. The van der Waals surface area contributed by atoms with E-state index in [2.05, 4.69) is 5.32 Å². The lowest BCUT2D eigenvalue weighted by atomic mass is 9.74. The number of nitrogens with zero attached hydrogens (tertiary/aromatic N) is 1. The average Bonchev–Trinajstić information content (AvgIpc) is 2.76. The van der Waals surface area contributed by atoms with E-state index in [1.165, 1.54) is 14.2 Å². The van der Waals surface area contributed by atoms with Crippen LogP contribution in [-0.4, -0.2) is 59.0 Å². The summed E-state index contributed by atoms with van der Waals surface area (Å²) in [5, 5.41) is 35.2. The quantitative estimate of drug-likeness (QED) is 0.576. The number of aliphatic hydroxyl groups excluding tert-OH is 1. The number of hydrogen-bond donors (Lipinski definition) is 4. The fourth-order valence-corrected chi connectivity index (χ4v) is 6.08. The third-order valence-corrected chi connectivity index (χ3v) is 7.29. The van der Waals surface area contributed by atoms with Crippen molar-refractivity contribution >= 4 is 5.91 Å². The molecule has 3 heterocycles. The molecule has 170 valence electrons. The molecule has 0 saturated carbocycles. The van der Waals surface area contributed by atoms with Gasteiger partial charge in [-0.25, -0.2) is 0 Å². The second-order valence-electron chi connectivity index (χ2n) is 8.89. The largest absolute Gasteiger partial charge is 0.504 e. The summed E-state index contributed by atoms with van der Waals surface area (Å²) in [6.07, 6.45) is 0.947. The van der Waals surface area contributed by atoms with Gasteiger partial charge in [0.2, 0.25) is 5.91 Å². The van der Waals surface area contributed by atoms with E-state index >= 15 is 0 Å². The van der Waals surface area contributed by atoms with Gasteiger partial charge in [-0.15, -0.1) is 0 Å². The Balaban J connectivity index is 1.70. The van der Waals surface area contributed by atoms with Crippen LogP contribution >= 0.6 is 0 Å². The van der Waals surface area contributed by atoms with Crippen molar-refractivity contribution in [2.75, 3.05) is 20.8 Å². The molecule has 3 aliphatic heterocycles. The van der Waals surface area contributed by atoms with Crippen LogP contribution in [0.4, 0.5) is 0 Å². The van der Waals surface area contributed by atoms with Gasteiger partial charge in [0.1, 0.15) is 0 Å². The lowest BCUT2D eigenvalue weighted by Crippen LogP contribution is -2.66. The van der Waals surface area contributed by atoms with E-state index in [4.69, 9.17) is 9.47 Å². The monoisotopic (exact) mass is 440 g/mol. The van der Waals surface area contributed by atoms with Crippen LogP contribution in [-0.2, 0) is 17.6 Å². The first-order chi connectivity index (χ1) is 15.3. The number of aliphatic hydroxyl groups is 1. The van der Waals surface area contributed by atoms with Crippen LogP contribution in [0, 0.1) is 13.8 Å². The first-order valence-corrected chi connectivity index (χ1v) is 10.8. The maximum atomic E-state index is 13.5. The highest BCUT2D eigenvalue weighted by molar-refractivity contribution is 5.86. The lowest BCUT2D eigenvalue weighted by Gasteiger charge is -2.54. The number of phenolic OH excluding ortho intramolecular Hbond substituents is 2. The predicted octanol–water partition coefficient (Wildman–Crippen LogP) is 1.79. The summed E-state index contributed by atoms with van der Waals surface area (Å²) >= 11 is 0. The number of carbonyl (C=O) groups excluding carboxylic acids is 1. The average molecular weight is 440 g/mol. The van der Waals surface area contributed by atoms with E-state index < -0.39 is 12.1 Å². The van der Waals surface area contributed by atoms with Gasteiger partial charge in [0.25, 0.3) is 0 Å². The van der Waals surface area contributed by atoms with E-state index in [9.17, 15) is 20.1 Å². The molecular weight excluding hydrogens is 412 g/mol. The third-order valence-electron chi connectivity index (χ3n) is 7.29. The molecule has 3 aliphatic rings. The van der Waals surface area contributed by atoms with Gasteiger partial charge in [-0.05, 0) is 60.6 Å². The molecule has 0 unspecified atom stereocenters. The van der Waals surface area contributed by atoms with Crippen molar-refractivity contribution in [2.24, 2.45) is 0 Å². The van der Waals surface area contributed by atoms with Crippen molar-refractivity contribution in [3.05, 3.63) is 45.5 Å². The molecule has 0 aliphatic carbocycles. The number of hydrogen-bond acceptors (Lipinski definition) is 7. The van der Waals surface area contributed by atoms with E-state index in [0.717, 1.165) is 27.8 Å². The zero-order valence-electron chi connectivity index (χ0n) is 18.6. The number of carbonyl (C=O) groups is 1. The summed E-state index contributed by atoms with van der Waals surface area (Å²) in [5.41, 5.74) is 5.04. The number of aryl methyl sites for hydroxylation is 1. The molecule has 2 bridgehead atoms. The number of fused-ring (bicyclic) bond motifs is 7. The molecule has 8 heteroatoms. The van der Waals surface area contributed by atoms with Gasteiger partial charge in [-0.1, -0.05) is 6.07 Å². The van der Waals surface area contributed by atoms with Gasteiger partial charge >= 0.3 is 0 Å². The van der Waals surface area contributed by atoms with Crippen molar-refractivity contribution in [3.8, 4) is 23.0 Å². The summed E-state index contributed by atoms with van der Waals surface area (Å²) in [4.78, 5) is 15.3. The van der Waals surface area contributed by atoms with Gasteiger partial charge in [-0.2, -0.15) is 0 Å². The molecule has 0 aromatic heterocycles. The molecule has 0 spiro atoms. The first-order valence-electron chi connectivity index (χ1n) is 10.8. The highest BCUT2D eigenvalue weighted by atomic mass is 16.5. The molecule has 32 heavy (non-hydrogen) atoms. The summed E-state index contributed by atoms with van der Waals surface area (Å²) in [7, 11) is 3.03. The van der Waals surface area contributed by atoms with E-state index in [0.29, 0.717) is 29.9 Å². The second kappa shape index (κ2) is 7.28. The minimum atomic E-state index is -0.668. The van der Waals surface area contributed by atoms with Crippen molar-refractivity contribution in [1.82, 2.24) is 10.2 Å². The molecule has 8 nitrogen and oxygen atoms in total. The van der Waals surface area contributed by atoms with Gasteiger partial charge in [0.05, 0.1) is 45.0 Å². The smallest absolute Gasteiger partial charge is 0.240 e. The Morgan fingerprint density at radius 1 is 1.06 bits per heavy atom. The number of amides is 1. The van der Waals surface area contributed by atoms with Crippen LogP contribution in [0.1, 0.15) is 45.5 Å². The zero-order chi connectivity index (χ0) is 22.9. The van der Waals surface area contributed by atoms with Crippen molar-refractivity contribution in [3.63, 3.8) is 0 Å². The van der Waals surface area contributed by atoms with Gasteiger partial charge < -0.3 is 29.7 Å². The van der Waals surface area contributed by atoms with E-state index in [1.54, 1.807) is 11.0 Å². The minimum absolute atomic E-state index is 0.0142. The Hall–Kier alpha value is -2.97. The fourth-order valence-electron chi connectivity index (χ4n) is 6.08. The first kappa shape index (κ1) is 20.9. The van der Waals surface area contributed by atoms with Crippen LogP contribution in [0.15, 0.2) is 12.1 Å². The van der Waals surface area contributed by atoms with Crippen molar-refractivity contribution in [1.29, 1.82) is 0 Å². The van der Waals surface area contributed by atoms with Gasteiger partial charge in [0.15, 0.2) is 23.0 Å². The highest BCUT2D eigenvalue weighted by Gasteiger charge is 2.52. The van der Waals surface area contributed by atoms with Crippen LogP contribution in [0.5, 0.6) is 23.0 Å². The standard InChI is InChI=1S/C24H28N2O6/c1-10-5-12-7-15-20-18-11(2)23(32-4)17(28)8-13(18)6-14(25-20)24(30)26(15)16(9-27)19(12)21(29)22(10)31-3/h5,8,14-16,20,25,27-29H,6-7,9H2,1-4H3/t14-,15-,16-,20-/m0/s1. The topological polar surface area (TPSA) is 111 Å². The Morgan fingerprint density at radius 3 is 2.41 bits per heavy atom. The number of benzene rings is 2. The van der Waals surface area contributed by atoms with Crippen LogP contribution in [0.2, 0.25) is 0 Å². The molecule has 5 rings (SSSR count). The van der Waals surface area contributed by atoms with Crippen LogP contribution in [0.3, 0.4) is 0 Å². The molecule has 1 fully saturated rings. The molecule has 0 radical (unpaired) electrons. The molecule has 4 atom stereocenters. The second-order valence-corrected chi connectivity index (χ2v) is 8.89. The predicted molar refractivity (Wildman–Crippen MR) is 116 cm³/mol. The molecule has 1 saturated heterocycles. The molecule has 4 N–H and O–H groups in total. The number of aromatic hydroxyl groups is 2. The number of phenols is 2. The lowest BCUT2D eigenvalue weighted by molar-refractivity contribution is -0.147. The summed E-state index contributed by atoms with van der Waals surface area (Å²) in [5.74, 6) is 0.737. The maximum absolute atomic E-state index is 13.5. The molecule has 1 amide bonds. The molecule has 2 aromatic rings. The Labute approximate surface area is 186 Å². The minimum Gasteiger partial charge on any atom is -0.504 e. The Kier molecular flexibility index (Phi) is 4.76. The number of methoxy groups -OCH3 is 2. The third kappa shape index (κ3) is 2.66. The van der Waals surface area contributed by atoms with Crippen molar-refractivity contribution in [2.45, 2.75) is 50.9 Å². The van der Waals surface area contributed by atoms with Crippen molar-refractivity contribution < 1.29 is 29.6 Å². The van der Waals surface area contributed by atoms with Crippen LogP contribution < -0.4 is 14.8 Å². The number of piperazine rings is 1. The summed E-state index contributed by atoms with van der Waals surface area (Å²) in [6.45, 7) is 3.48. The van der Waals surface area contributed by atoms with Gasteiger partial charge in [-0.3, -0.25) is 10.1 Å². The summed E-state index contributed by atoms with van der Waals surface area (Å²) in [6, 6.07) is 2.08. The number of ether oxygens (including phenoxy) is 2. The van der Waals surface area contributed by atoms with E-state index in [1.807, 2.05) is 19.9 Å². The van der Waals surface area contributed by atoms with E-state index in [-0.39, 0.29) is 36.1 Å². The Morgan fingerprint density at radius 2 is 1.75 bits per heavy atom. The maximum Gasteiger partial charge on any atom is 0.240 e. The number of nitrogens with one attached hydrogen (secondary N) is 1. The van der Waals surface area contributed by atoms with Gasteiger partial charge in [0, 0.05) is 5.56 Å². The SMILES string of the molecule is COc1c(O)cc2c(c1C)[C@H]1N[C@@H](C2)C(=O)N2[C@@H](CO)c3c(cc(C)c(OC)c3O)C[C@@H]12.